The number of imide groups is 1. The Kier molecular flexibility index (Phi) is 8.78. The van der Waals surface area contributed by atoms with E-state index in [-0.39, 0.29) is 4.90 Å². The minimum atomic E-state index is -3.19. The number of hydrogen-bond acceptors (Lipinski definition) is 9. The molecule has 8 N–H and O–H groups in total. The Bertz CT molecular complexity index is 690. The molecule has 2 amide bonds. The number of aliphatic carboxylic acids is 1. The van der Waals surface area contributed by atoms with Crippen LogP contribution < -0.4 is 22.5 Å². The van der Waals surface area contributed by atoms with Gasteiger partial charge in [-0.25, -0.2) is 9.69 Å². The fraction of sp³-hybridized carbons (Fsp3) is 0.737. The van der Waals surface area contributed by atoms with Gasteiger partial charge in [-0.05, 0) is 31.2 Å². The molecule has 0 spiro atoms. The Morgan fingerprint density at radius 2 is 1.60 bits per heavy atom. The molecule has 1 fully saturated rings. The first kappa shape index (κ1) is 25.8. The van der Waals surface area contributed by atoms with E-state index in [9.17, 15) is 29.1 Å². The van der Waals surface area contributed by atoms with Crippen molar-refractivity contribution in [2.75, 3.05) is 13.1 Å². The maximum Gasteiger partial charge on any atom is 0.346 e. The number of amides is 2. The summed E-state index contributed by atoms with van der Waals surface area (Å²) in [5, 5.41) is 13.0. The van der Waals surface area contributed by atoms with E-state index in [4.69, 9.17) is 17.2 Å². The zero-order valence-corrected chi connectivity index (χ0v) is 17.9. The predicted octanol–water partition coefficient (Wildman–Crippen LogP) is -2.02. The Balaban J connectivity index is 3.83. The summed E-state index contributed by atoms with van der Waals surface area (Å²) in [5.41, 5.74) is 14.1. The van der Waals surface area contributed by atoms with Crippen LogP contribution in [0.3, 0.4) is 0 Å². The predicted molar refractivity (Wildman–Crippen MR) is 108 cm³/mol. The highest BCUT2D eigenvalue weighted by Crippen LogP contribution is 2.27. The van der Waals surface area contributed by atoms with E-state index in [2.05, 4.69) is 5.32 Å². The number of nitrogens with two attached hydrogens (primary N) is 3. The quantitative estimate of drug-likeness (QED) is 0.242. The van der Waals surface area contributed by atoms with Gasteiger partial charge in [0.05, 0.1) is 24.7 Å². The van der Waals surface area contributed by atoms with Crippen molar-refractivity contribution in [2.24, 2.45) is 29.0 Å². The summed E-state index contributed by atoms with van der Waals surface area (Å²) in [6, 6.07) is -3.71. The number of rotatable bonds is 10. The molecule has 1 aliphatic rings. The first-order valence-electron chi connectivity index (χ1n) is 9.99. The molecule has 0 radical (unpaired) electrons. The van der Waals surface area contributed by atoms with Crippen LogP contribution in [0.4, 0.5) is 0 Å². The second-order valence-electron chi connectivity index (χ2n) is 8.21. The minimum absolute atomic E-state index is 0.211. The van der Waals surface area contributed by atoms with Crippen LogP contribution in [0.5, 0.6) is 0 Å². The Hall–Kier alpha value is -2.21. The molecule has 0 aliphatic carbocycles. The van der Waals surface area contributed by atoms with Crippen molar-refractivity contribution < 1.29 is 29.1 Å². The van der Waals surface area contributed by atoms with Gasteiger partial charge in [-0.15, -0.1) is 0 Å². The van der Waals surface area contributed by atoms with Gasteiger partial charge in [-0.2, -0.15) is 0 Å². The summed E-state index contributed by atoms with van der Waals surface area (Å²) in [7, 11) is 0. The number of carboxylic acids is 1. The Labute approximate surface area is 175 Å². The van der Waals surface area contributed by atoms with Crippen LogP contribution in [-0.2, 0) is 24.0 Å². The number of hydrogen-bond donors (Lipinski definition) is 5. The number of Topliss-reactive ketones (excluding diaryl/α,β-unsaturated/α-hetero) is 2. The van der Waals surface area contributed by atoms with Crippen molar-refractivity contribution in [1.82, 2.24) is 10.2 Å². The molecule has 0 aromatic heterocycles. The summed E-state index contributed by atoms with van der Waals surface area (Å²) in [6.07, 6.45) is 0.898. The van der Waals surface area contributed by atoms with E-state index in [0.717, 1.165) is 0 Å². The van der Waals surface area contributed by atoms with Crippen molar-refractivity contribution in [1.29, 1.82) is 0 Å². The SMILES string of the molecule is CC(C)C(N)C(=O)N(C(=O)C1CCCN1)C(C(=O)O)(C(=O)CN)C(=O)C(N)C(C)C. The molecule has 170 valence electrons. The van der Waals surface area contributed by atoms with E-state index >= 15 is 0 Å². The molecule has 1 aliphatic heterocycles. The summed E-state index contributed by atoms with van der Waals surface area (Å²) in [6.45, 7) is 5.85. The molecular weight excluding hydrogens is 394 g/mol. The number of nitrogens with one attached hydrogen (secondary N) is 1. The fourth-order valence-corrected chi connectivity index (χ4v) is 3.31. The van der Waals surface area contributed by atoms with Gasteiger partial charge in [-0.1, -0.05) is 27.7 Å². The average molecular weight is 428 g/mol. The van der Waals surface area contributed by atoms with Crippen LogP contribution in [0, 0.1) is 11.8 Å². The van der Waals surface area contributed by atoms with E-state index in [1.54, 1.807) is 27.7 Å². The van der Waals surface area contributed by atoms with E-state index in [1.807, 2.05) is 0 Å². The van der Waals surface area contributed by atoms with Gasteiger partial charge in [0, 0.05) is 0 Å². The van der Waals surface area contributed by atoms with Crippen molar-refractivity contribution in [3.8, 4) is 0 Å². The topological polar surface area (TPSA) is 199 Å². The molecule has 0 saturated carbocycles. The van der Waals surface area contributed by atoms with Crippen molar-refractivity contribution >= 4 is 29.4 Å². The Morgan fingerprint density at radius 3 is 1.97 bits per heavy atom. The molecule has 0 aromatic carbocycles. The lowest BCUT2D eigenvalue weighted by Gasteiger charge is -2.40. The lowest BCUT2D eigenvalue weighted by Crippen LogP contribution is -2.75. The first-order valence-corrected chi connectivity index (χ1v) is 9.99. The van der Waals surface area contributed by atoms with Gasteiger partial charge in [0.15, 0.2) is 11.6 Å². The summed E-state index contributed by atoms with van der Waals surface area (Å²) < 4.78 is 0. The molecule has 30 heavy (non-hydrogen) atoms. The van der Waals surface area contributed by atoms with Crippen LogP contribution in [0.25, 0.3) is 0 Å². The number of carboxylic acid groups (broad SMARTS) is 1. The third-order valence-corrected chi connectivity index (χ3v) is 5.41. The van der Waals surface area contributed by atoms with Crippen LogP contribution in [0.1, 0.15) is 40.5 Å². The van der Waals surface area contributed by atoms with Gasteiger partial charge in [0.2, 0.25) is 11.8 Å². The van der Waals surface area contributed by atoms with Crippen LogP contribution in [0.2, 0.25) is 0 Å². The maximum absolute atomic E-state index is 13.3. The molecule has 11 nitrogen and oxygen atoms in total. The standard InChI is InChI=1S/C19H33N5O6/c1-9(2)13(21)15(26)19(18(29)30,12(25)8-20)24(17(28)14(22)10(3)4)16(27)11-6-5-7-23-11/h9-11,13-14,23H,5-8,20-22H2,1-4H3,(H,29,30). The summed E-state index contributed by atoms with van der Waals surface area (Å²) in [5.74, 6) is -7.81. The molecule has 1 saturated heterocycles. The van der Waals surface area contributed by atoms with E-state index < -0.39 is 71.4 Å². The molecule has 4 unspecified atom stereocenters. The molecule has 4 atom stereocenters. The van der Waals surface area contributed by atoms with Gasteiger partial charge in [0.25, 0.3) is 5.54 Å². The monoisotopic (exact) mass is 427 g/mol. The van der Waals surface area contributed by atoms with Gasteiger partial charge in [-0.3, -0.25) is 19.2 Å². The van der Waals surface area contributed by atoms with Gasteiger partial charge in [0.1, 0.15) is 0 Å². The molecule has 11 heteroatoms. The normalized spacial score (nSPS) is 20.5. The smallest absolute Gasteiger partial charge is 0.346 e. The second-order valence-corrected chi connectivity index (χ2v) is 8.21. The van der Waals surface area contributed by atoms with Crippen molar-refractivity contribution in [3.05, 3.63) is 0 Å². The van der Waals surface area contributed by atoms with Crippen molar-refractivity contribution in [2.45, 2.75) is 64.2 Å². The summed E-state index contributed by atoms with van der Waals surface area (Å²) >= 11 is 0. The molecule has 1 heterocycles. The Morgan fingerprint density at radius 1 is 1.07 bits per heavy atom. The first-order chi connectivity index (χ1) is 13.8. The highest BCUT2D eigenvalue weighted by atomic mass is 16.4. The third kappa shape index (κ3) is 4.59. The highest BCUT2D eigenvalue weighted by molar-refractivity contribution is 6.32. The zero-order valence-electron chi connectivity index (χ0n) is 17.9. The number of carbonyl (C=O) groups is 5. The second kappa shape index (κ2) is 10.2. The van der Waals surface area contributed by atoms with Gasteiger partial charge >= 0.3 is 5.97 Å². The minimum Gasteiger partial charge on any atom is -0.479 e. The molecular formula is C19H33N5O6. The zero-order chi connectivity index (χ0) is 23.4. The van der Waals surface area contributed by atoms with Crippen molar-refractivity contribution in [3.63, 3.8) is 0 Å². The van der Waals surface area contributed by atoms with E-state index in [0.29, 0.717) is 19.4 Å². The number of nitrogens with zero attached hydrogens (tertiary/aromatic N) is 1. The summed E-state index contributed by atoms with van der Waals surface area (Å²) in [4.78, 5) is 65.5. The number of carbonyl (C=O) groups excluding carboxylic acids is 4. The molecule has 0 aromatic rings. The lowest BCUT2D eigenvalue weighted by molar-refractivity contribution is -0.175. The van der Waals surface area contributed by atoms with Crippen LogP contribution in [0.15, 0.2) is 0 Å². The highest BCUT2D eigenvalue weighted by Gasteiger charge is 2.63. The van der Waals surface area contributed by atoms with E-state index in [1.165, 1.54) is 0 Å². The molecule has 1 rings (SSSR count). The maximum atomic E-state index is 13.3. The van der Waals surface area contributed by atoms with Gasteiger partial charge < -0.3 is 27.6 Å². The fourth-order valence-electron chi connectivity index (χ4n) is 3.31. The molecule has 0 bridgehead atoms. The van der Waals surface area contributed by atoms with Crippen LogP contribution >= 0.6 is 0 Å². The number of ketones is 2. The van der Waals surface area contributed by atoms with Crippen LogP contribution in [-0.4, -0.2) is 76.1 Å². The third-order valence-electron chi connectivity index (χ3n) is 5.41. The largest absolute Gasteiger partial charge is 0.479 e. The average Bonchev–Trinajstić information content (AvgIpc) is 3.23. The lowest BCUT2D eigenvalue weighted by atomic mass is 9.79.